The second-order valence-corrected chi connectivity index (χ2v) is 7.54. The van der Waals surface area contributed by atoms with Crippen molar-refractivity contribution in [1.29, 1.82) is 0 Å². The Morgan fingerprint density at radius 3 is 2.26 bits per heavy atom. The van der Waals surface area contributed by atoms with Crippen LogP contribution in [-0.4, -0.2) is 43.1 Å². The van der Waals surface area contributed by atoms with Crippen molar-refractivity contribution in [2.45, 2.75) is 52.7 Å². The summed E-state index contributed by atoms with van der Waals surface area (Å²) in [6.45, 7) is 9.90. The van der Waals surface area contributed by atoms with Crippen molar-refractivity contribution in [2.75, 3.05) is 20.1 Å². The molecule has 0 radical (unpaired) electrons. The molecule has 1 aromatic carbocycles. The zero-order valence-corrected chi connectivity index (χ0v) is 15.1. The summed E-state index contributed by atoms with van der Waals surface area (Å²) in [5.41, 5.74) is 1.15. The Morgan fingerprint density at radius 2 is 1.78 bits per heavy atom. The van der Waals surface area contributed by atoms with Gasteiger partial charge in [-0.1, -0.05) is 38.5 Å². The van der Waals surface area contributed by atoms with Crippen LogP contribution in [0.3, 0.4) is 0 Å². The molecule has 1 heterocycles. The van der Waals surface area contributed by atoms with Crippen LogP contribution in [-0.2, 0) is 4.79 Å². The zero-order valence-electron chi connectivity index (χ0n) is 15.1. The van der Waals surface area contributed by atoms with E-state index in [2.05, 4.69) is 45.1 Å². The van der Waals surface area contributed by atoms with Crippen LogP contribution in [0, 0.1) is 12.3 Å². The van der Waals surface area contributed by atoms with Gasteiger partial charge in [0.05, 0.1) is 6.04 Å². The molecule has 0 unspecified atom stereocenters. The number of carbonyl (C=O) groups excluding carboxylic acids is 1. The molecule has 23 heavy (non-hydrogen) atoms. The van der Waals surface area contributed by atoms with E-state index in [0.29, 0.717) is 0 Å². The lowest BCUT2D eigenvalue weighted by Crippen LogP contribution is -2.54. The van der Waals surface area contributed by atoms with E-state index in [9.17, 15) is 4.79 Å². The molecule has 0 bridgehead atoms. The number of nitrogens with zero attached hydrogens (tertiary/aromatic N) is 1. The zero-order chi connectivity index (χ0) is 17.0. The Bertz CT molecular complexity index is 511. The Kier molecular flexibility index (Phi) is 5.69. The van der Waals surface area contributed by atoms with Gasteiger partial charge in [0.1, 0.15) is 11.9 Å². The van der Waals surface area contributed by atoms with Gasteiger partial charge in [-0.15, -0.1) is 0 Å². The minimum atomic E-state index is -0.142. The number of amides is 1. The van der Waals surface area contributed by atoms with Crippen molar-refractivity contribution in [3.05, 3.63) is 29.8 Å². The van der Waals surface area contributed by atoms with Crippen LogP contribution in [0.5, 0.6) is 5.75 Å². The SMILES string of the molecule is CN[C@H](C(=O)N1CCC(Oc2ccc(C)cc2)CC1)C(C)(C)C. The lowest BCUT2D eigenvalue weighted by atomic mass is 9.85. The lowest BCUT2D eigenvalue weighted by Gasteiger charge is -2.38. The summed E-state index contributed by atoms with van der Waals surface area (Å²) in [4.78, 5) is 14.7. The van der Waals surface area contributed by atoms with Gasteiger partial charge in [-0.05, 0) is 31.5 Å². The molecule has 1 fully saturated rings. The summed E-state index contributed by atoms with van der Waals surface area (Å²) in [5, 5.41) is 3.17. The number of likely N-dealkylation sites (tertiary alicyclic amines) is 1. The van der Waals surface area contributed by atoms with Crippen molar-refractivity contribution in [1.82, 2.24) is 10.2 Å². The molecule has 0 aromatic heterocycles. The third-order valence-electron chi connectivity index (χ3n) is 4.48. The smallest absolute Gasteiger partial charge is 0.240 e. The maximum atomic E-state index is 12.7. The number of ether oxygens (including phenoxy) is 1. The molecular weight excluding hydrogens is 288 g/mol. The molecule has 1 saturated heterocycles. The van der Waals surface area contributed by atoms with Crippen LogP contribution in [0.4, 0.5) is 0 Å². The highest BCUT2D eigenvalue weighted by molar-refractivity contribution is 5.82. The van der Waals surface area contributed by atoms with Gasteiger partial charge < -0.3 is 15.0 Å². The van der Waals surface area contributed by atoms with E-state index >= 15 is 0 Å². The number of carbonyl (C=O) groups is 1. The van der Waals surface area contributed by atoms with Crippen molar-refractivity contribution in [3.8, 4) is 5.75 Å². The molecule has 1 aromatic rings. The normalized spacial score (nSPS) is 17.9. The topological polar surface area (TPSA) is 41.6 Å². The molecular formula is C19H30N2O2. The second kappa shape index (κ2) is 7.35. The number of likely N-dealkylation sites (N-methyl/N-ethyl adjacent to an activating group) is 1. The van der Waals surface area contributed by atoms with Crippen molar-refractivity contribution in [3.63, 3.8) is 0 Å². The fraction of sp³-hybridized carbons (Fsp3) is 0.632. The van der Waals surface area contributed by atoms with Crippen LogP contribution < -0.4 is 10.1 Å². The predicted octanol–water partition coefficient (Wildman–Crippen LogP) is 3.00. The second-order valence-electron chi connectivity index (χ2n) is 7.54. The summed E-state index contributed by atoms with van der Waals surface area (Å²) in [7, 11) is 1.86. The van der Waals surface area contributed by atoms with Crippen LogP contribution in [0.25, 0.3) is 0 Å². The van der Waals surface area contributed by atoms with Crippen molar-refractivity contribution >= 4 is 5.91 Å². The first-order valence-electron chi connectivity index (χ1n) is 8.50. The summed E-state index contributed by atoms with van der Waals surface area (Å²) in [6.07, 6.45) is 1.98. The van der Waals surface area contributed by atoms with E-state index in [1.165, 1.54) is 5.56 Å². The van der Waals surface area contributed by atoms with Crippen molar-refractivity contribution < 1.29 is 9.53 Å². The molecule has 1 N–H and O–H groups in total. The quantitative estimate of drug-likeness (QED) is 0.928. The Labute approximate surface area is 140 Å². The van der Waals surface area contributed by atoms with E-state index in [-0.39, 0.29) is 23.5 Å². The lowest BCUT2D eigenvalue weighted by molar-refractivity contribution is -0.137. The van der Waals surface area contributed by atoms with Gasteiger partial charge in [-0.25, -0.2) is 0 Å². The number of hydrogen-bond acceptors (Lipinski definition) is 3. The average molecular weight is 318 g/mol. The van der Waals surface area contributed by atoms with E-state index in [1.807, 2.05) is 24.1 Å². The van der Waals surface area contributed by atoms with Gasteiger partial charge in [-0.3, -0.25) is 4.79 Å². The fourth-order valence-corrected chi connectivity index (χ4v) is 3.11. The van der Waals surface area contributed by atoms with Gasteiger partial charge in [0.15, 0.2) is 0 Å². The van der Waals surface area contributed by atoms with Gasteiger partial charge >= 0.3 is 0 Å². The summed E-state index contributed by atoms with van der Waals surface area (Å²) in [5.74, 6) is 1.12. The third-order valence-corrected chi connectivity index (χ3v) is 4.48. The minimum Gasteiger partial charge on any atom is -0.490 e. The van der Waals surface area contributed by atoms with Crippen molar-refractivity contribution in [2.24, 2.45) is 5.41 Å². The fourth-order valence-electron chi connectivity index (χ4n) is 3.11. The number of piperidine rings is 1. The number of hydrogen-bond donors (Lipinski definition) is 1. The van der Waals surface area contributed by atoms with Crippen LogP contribution >= 0.6 is 0 Å². The van der Waals surface area contributed by atoms with Crippen LogP contribution in [0.2, 0.25) is 0 Å². The Hall–Kier alpha value is -1.55. The molecule has 0 aliphatic carbocycles. The first kappa shape index (κ1) is 17.8. The van der Waals surface area contributed by atoms with Gasteiger partial charge in [0.25, 0.3) is 0 Å². The van der Waals surface area contributed by atoms with E-state index in [1.54, 1.807) is 0 Å². The molecule has 1 amide bonds. The first-order valence-corrected chi connectivity index (χ1v) is 8.50. The van der Waals surface area contributed by atoms with Crippen LogP contribution in [0.1, 0.15) is 39.2 Å². The molecule has 0 spiro atoms. The van der Waals surface area contributed by atoms with Crippen LogP contribution in [0.15, 0.2) is 24.3 Å². The molecule has 0 saturated carbocycles. The van der Waals surface area contributed by atoms with Gasteiger partial charge in [0.2, 0.25) is 5.91 Å². The minimum absolute atomic E-state index is 0.0823. The highest BCUT2D eigenvalue weighted by atomic mass is 16.5. The standard InChI is InChI=1S/C19H30N2O2/c1-14-6-8-15(9-7-14)23-16-10-12-21(13-11-16)18(22)17(20-5)19(2,3)4/h6-9,16-17,20H,10-13H2,1-5H3/t17-/m1/s1. The maximum Gasteiger partial charge on any atom is 0.240 e. The maximum absolute atomic E-state index is 12.7. The Morgan fingerprint density at radius 1 is 1.22 bits per heavy atom. The summed E-state index contributed by atoms with van der Waals surface area (Å²) < 4.78 is 6.04. The Balaban J connectivity index is 1.88. The monoisotopic (exact) mass is 318 g/mol. The summed E-state index contributed by atoms with van der Waals surface area (Å²) >= 11 is 0. The molecule has 128 valence electrons. The van der Waals surface area contributed by atoms with Gasteiger partial charge in [0, 0.05) is 25.9 Å². The summed E-state index contributed by atoms with van der Waals surface area (Å²) in [6, 6.07) is 8.02. The number of aryl methyl sites for hydroxylation is 1. The first-order chi connectivity index (χ1) is 10.8. The molecule has 1 aliphatic rings. The average Bonchev–Trinajstić information content (AvgIpc) is 2.49. The predicted molar refractivity (Wildman–Crippen MR) is 93.7 cm³/mol. The molecule has 2 rings (SSSR count). The number of rotatable bonds is 4. The molecule has 1 aliphatic heterocycles. The highest BCUT2D eigenvalue weighted by Crippen LogP contribution is 2.24. The van der Waals surface area contributed by atoms with Gasteiger partial charge in [-0.2, -0.15) is 0 Å². The van der Waals surface area contributed by atoms with E-state index in [4.69, 9.17) is 4.74 Å². The number of nitrogens with one attached hydrogen (secondary N) is 1. The number of benzene rings is 1. The molecule has 4 heteroatoms. The van der Waals surface area contributed by atoms with E-state index in [0.717, 1.165) is 31.7 Å². The molecule has 4 nitrogen and oxygen atoms in total. The highest BCUT2D eigenvalue weighted by Gasteiger charge is 2.34. The molecule has 1 atom stereocenters. The third kappa shape index (κ3) is 4.71. The largest absolute Gasteiger partial charge is 0.490 e. The van der Waals surface area contributed by atoms with E-state index < -0.39 is 0 Å².